The Morgan fingerprint density at radius 3 is 2.36 bits per heavy atom. The summed E-state index contributed by atoms with van der Waals surface area (Å²) in [5.41, 5.74) is 2.32. The van der Waals surface area contributed by atoms with Crippen LogP contribution in [-0.2, 0) is 11.2 Å². The Hall–Kier alpha value is -1.68. The number of aromatic nitrogens is 1. The topological polar surface area (TPSA) is 42.0 Å². The van der Waals surface area contributed by atoms with Crippen LogP contribution in [0.25, 0.3) is 0 Å². The molecule has 0 radical (unpaired) electrons. The van der Waals surface area contributed by atoms with Crippen LogP contribution in [-0.4, -0.2) is 10.9 Å². The van der Waals surface area contributed by atoms with Gasteiger partial charge in [0.1, 0.15) is 5.82 Å². The predicted molar refractivity (Wildman–Crippen MR) is 94.0 cm³/mol. The molecule has 22 heavy (non-hydrogen) atoms. The Kier molecular flexibility index (Phi) is 5.72. The number of carbonyl (C=O) groups is 1. The summed E-state index contributed by atoms with van der Waals surface area (Å²) in [6, 6.07) is 11.9. The molecule has 1 N–H and O–H groups in total. The van der Waals surface area contributed by atoms with Crippen molar-refractivity contribution in [1.29, 1.82) is 0 Å². The number of rotatable bonds is 5. The monoisotopic (exact) mass is 360 g/mol. The highest BCUT2D eigenvalue weighted by Gasteiger charge is 2.15. The first-order valence-electron chi connectivity index (χ1n) is 7.47. The third-order valence-electron chi connectivity index (χ3n) is 3.50. The summed E-state index contributed by atoms with van der Waals surface area (Å²) in [5.74, 6) is 0.941. The molecule has 0 spiro atoms. The van der Waals surface area contributed by atoms with E-state index in [4.69, 9.17) is 0 Å². The fourth-order valence-electron chi connectivity index (χ4n) is 2.25. The van der Waals surface area contributed by atoms with Gasteiger partial charge < -0.3 is 5.32 Å². The average Bonchev–Trinajstić information content (AvgIpc) is 2.49. The molecule has 0 bridgehead atoms. The maximum absolute atomic E-state index is 12.3. The standard InChI is InChI=1S/C18H21BrN2O/c1-12(2)10-14-4-6-15(7-5-14)13(3)18(22)21-17-9-8-16(19)11-20-17/h4-9,11-13H,10H2,1-3H3,(H,20,21,22)/t13-/m0/s1. The van der Waals surface area contributed by atoms with Gasteiger partial charge in [-0.15, -0.1) is 0 Å². The van der Waals surface area contributed by atoms with Gasteiger partial charge in [0, 0.05) is 10.7 Å². The molecular weight excluding hydrogens is 340 g/mol. The third-order valence-corrected chi connectivity index (χ3v) is 3.96. The number of nitrogens with zero attached hydrogens (tertiary/aromatic N) is 1. The molecule has 1 amide bonds. The van der Waals surface area contributed by atoms with Crippen LogP contribution in [0, 0.1) is 5.92 Å². The van der Waals surface area contributed by atoms with Crippen molar-refractivity contribution in [2.75, 3.05) is 5.32 Å². The molecule has 1 aromatic heterocycles. The van der Waals surface area contributed by atoms with Crippen LogP contribution in [0.5, 0.6) is 0 Å². The second-order valence-corrected chi connectivity index (χ2v) is 6.83. The zero-order valence-corrected chi connectivity index (χ0v) is 14.7. The fourth-order valence-corrected chi connectivity index (χ4v) is 2.48. The van der Waals surface area contributed by atoms with Crippen molar-refractivity contribution in [3.8, 4) is 0 Å². The van der Waals surface area contributed by atoms with Crippen LogP contribution in [0.4, 0.5) is 5.82 Å². The number of anilines is 1. The number of hydrogen-bond donors (Lipinski definition) is 1. The lowest BCUT2D eigenvalue weighted by atomic mass is 9.96. The Bertz CT molecular complexity index is 621. The highest BCUT2D eigenvalue weighted by molar-refractivity contribution is 9.10. The quantitative estimate of drug-likeness (QED) is 0.832. The summed E-state index contributed by atoms with van der Waals surface area (Å²) < 4.78 is 0.888. The summed E-state index contributed by atoms with van der Waals surface area (Å²) >= 11 is 3.33. The number of pyridine rings is 1. The lowest BCUT2D eigenvalue weighted by Gasteiger charge is -2.13. The Labute approximate surface area is 140 Å². The molecule has 0 fully saturated rings. The molecule has 0 unspecified atom stereocenters. The second kappa shape index (κ2) is 7.54. The number of amides is 1. The number of halogens is 1. The van der Waals surface area contributed by atoms with E-state index < -0.39 is 0 Å². The normalized spacial score (nSPS) is 12.2. The Morgan fingerprint density at radius 1 is 1.14 bits per heavy atom. The minimum atomic E-state index is -0.210. The zero-order valence-electron chi connectivity index (χ0n) is 13.1. The molecular formula is C18H21BrN2O. The number of carbonyl (C=O) groups excluding carboxylic acids is 1. The first-order chi connectivity index (χ1) is 10.5. The van der Waals surface area contributed by atoms with Crippen LogP contribution in [0.2, 0.25) is 0 Å². The van der Waals surface area contributed by atoms with E-state index in [9.17, 15) is 4.79 Å². The first-order valence-corrected chi connectivity index (χ1v) is 8.26. The van der Waals surface area contributed by atoms with Gasteiger partial charge in [-0.25, -0.2) is 4.98 Å². The molecule has 3 nitrogen and oxygen atoms in total. The summed E-state index contributed by atoms with van der Waals surface area (Å²) in [6.07, 6.45) is 2.73. The molecule has 2 aromatic rings. The van der Waals surface area contributed by atoms with Crippen LogP contribution >= 0.6 is 15.9 Å². The van der Waals surface area contributed by atoms with Gasteiger partial charge >= 0.3 is 0 Å². The van der Waals surface area contributed by atoms with Crippen molar-refractivity contribution < 1.29 is 4.79 Å². The maximum atomic E-state index is 12.3. The molecule has 116 valence electrons. The molecule has 1 atom stereocenters. The molecule has 1 aromatic carbocycles. The Morgan fingerprint density at radius 2 is 1.82 bits per heavy atom. The molecule has 0 aliphatic heterocycles. The van der Waals surface area contributed by atoms with Gasteiger partial charge in [0.25, 0.3) is 0 Å². The summed E-state index contributed by atoms with van der Waals surface area (Å²) in [4.78, 5) is 16.5. The largest absolute Gasteiger partial charge is 0.310 e. The van der Waals surface area contributed by atoms with Crippen molar-refractivity contribution in [2.45, 2.75) is 33.1 Å². The van der Waals surface area contributed by atoms with Crippen molar-refractivity contribution in [3.05, 3.63) is 58.2 Å². The van der Waals surface area contributed by atoms with Crippen molar-refractivity contribution in [2.24, 2.45) is 5.92 Å². The van der Waals surface area contributed by atoms with E-state index in [2.05, 4.69) is 52.2 Å². The van der Waals surface area contributed by atoms with Gasteiger partial charge in [-0.2, -0.15) is 0 Å². The number of nitrogens with one attached hydrogen (secondary N) is 1. The van der Waals surface area contributed by atoms with E-state index in [1.54, 1.807) is 12.3 Å². The SMILES string of the molecule is CC(C)Cc1ccc([C@H](C)C(=O)Nc2ccc(Br)cn2)cc1. The second-order valence-electron chi connectivity index (χ2n) is 5.91. The highest BCUT2D eigenvalue weighted by Crippen LogP contribution is 2.19. The van der Waals surface area contributed by atoms with Crippen LogP contribution < -0.4 is 5.32 Å². The molecule has 2 rings (SSSR count). The number of benzene rings is 1. The first kappa shape index (κ1) is 16.7. The molecule has 4 heteroatoms. The molecule has 1 heterocycles. The van der Waals surface area contributed by atoms with Gasteiger partial charge in [-0.05, 0) is 58.5 Å². The van der Waals surface area contributed by atoms with Gasteiger partial charge in [-0.1, -0.05) is 38.1 Å². The fraction of sp³-hybridized carbons (Fsp3) is 0.333. The summed E-state index contributed by atoms with van der Waals surface area (Å²) in [5, 5.41) is 2.84. The lowest BCUT2D eigenvalue weighted by Crippen LogP contribution is -2.19. The van der Waals surface area contributed by atoms with Crippen molar-refractivity contribution >= 4 is 27.7 Å². The molecule has 0 saturated heterocycles. The third kappa shape index (κ3) is 4.67. The van der Waals surface area contributed by atoms with Crippen molar-refractivity contribution in [3.63, 3.8) is 0 Å². The van der Waals surface area contributed by atoms with E-state index in [0.717, 1.165) is 16.5 Å². The predicted octanol–water partition coefficient (Wildman–Crippen LogP) is 4.78. The minimum absolute atomic E-state index is 0.0496. The van der Waals surface area contributed by atoms with Crippen LogP contribution in [0.1, 0.15) is 37.8 Å². The Balaban J connectivity index is 2.02. The summed E-state index contributed by atoms with van der Waals surface area (Å²) in [7, 11) is 0. The minimum Gasteiger partial charge on any atom is -0.310 e. The van der Waals surface area contributed by atoms with E-state index in [1.807, 2.05) is 25.1 Å². The molecule has 0 aliphatic rings. The van der Waals surface area contributed by atoms with E-state index in [-0.39, 0.29) is 11.8 Å². The average molecular weight is 361 g/mol. The summed E-state index contributed by atoms with van der Waals surface area (Å²) in [6.45, 7) is 6.32. The van der Waals surface area contributed by atoms with Crippen LogP contribution in [0.3, 0.4) is 0 Å². The maximum Gasteiger partial charge on any atom is 0.232 e. The molecule has 0 aliphatic carbocycles. The van der Waals surface area contributed by atoms with E-state index in [1.165, 1.54) is 5.56 Å². The van der Waals surface area contributed by atoms with Gasteiger partial charge in [0.15, 0.2) is 0 Å². The number of hydrogen-bond acceptors (Lipinski definition) is 2. The van der Waals surface area contributed by atoms with Crippen molar-refractivity contribution in [1.82, 2.24) is 4.98 Å². The molecule has 0 saturated carbocycles. The zero-order chi connectivity index (χ0) is 16.1. The van der Waals surface area contributed by atoms with E-state index >= 15 is 0 Å². The smallest absolute Gasteiger partial charge is 0.232 e. The van der Waals surface area contributed by atoms with Gasteiger partial charge in [0.2, 0.25) is 5.91 Å². The van der Waals surface area contributed by atoms with E-state index in [0.29, 0.717) is 11.7 Å². The van der Waals surface area contributed by atoms with Crippen LogP contribution in [0.15, 0.2) is 47.1 Å². The van der Waals surface area contributed by atoms with Gasteiger partial charge in [0.05, 0.1) is 5.92 Å². The van der Waals surface area contributed by atoms with Gasteiger partial charge in [-0.3, -0.25) is 4.79 Å². The lowest BCUT2D eigenvalue weighted by molar-refractivity contribution is -0.117. The highest BCUT2D eigenvalue weighted by atomic mass is 79.9.